The maximum absolute atomic E-state index is 13.7. The van der Waals surface area contributed by atoms with Crippen LogP contribution in [-0.2, 0) is 9.53 Å². The molecular formula is C27H24N2O5S. The van der Waals surface area contributed by atoms with Gasteiger partial charge < -0.3 is 14.2 Å². The zero-order valence-corrected chi connectivity index (χ0v) is 20.4. The number of hydrogen-bond donors (Lipinski definition) is 0. The van der Waals surface area contributed by atoms with Crippen molar-refractivity contribution in [2.24, 2.45) is 4.99 Å². The number of allylic oxidation sites excluding steroid dienone is 1. The van der Waals surface area contributed by atoms with Crippen molar-refractivity contribution in [3.05, 3.63) is 90.6 Å². The van der Waals surface area contributed by atoms with Crippen molar-refractivity contribution in [3.8, 4) is 23.8 Å². The summed E-state index contributed by atoms with van der Waals surface area (Å²) in [6, 6.07) is 13.9. The molecule has 0 saturated heterocycles. The van der Waals surface area contributed by atoms with Crippen LogP contribution in [0.5, 0.6) is 11.5 Å². The van der Waals surface area contributed by atoms with Gasteiger partial charge >= 0.3 is 5.97 Å². The number of carbonyl (C=O) groups is 1. The van der Waals surface area contributed by atoms with Gasteiger partial charge in [-0.2, -0.15) is 0 Å². The minimum atomic E-state index is -0.689. The number of para-hydroxylation sites is 1. The lowest BCUT2D eigenvalue weighted by Gasteiger charge is -2.24. The number of rotatable bonds is 7. The first-order chi connectivity index (χ1) is 17.0. The van der Waals surface area contributed by atoms with E-state index >= 15 is 0 Å². The molecule has 0 fully saturated rings. The summed E-state index contributed by atoms with van der Waals surface area (Å²) >= 11 is 1.25. The van der Waals surface area contributed by atoms with Crippen LogP contribution in [-0.4, -0.2) is 30.9 Å². The summed E-state index contributed by atoms with van der Waals surface area (Å²) in [5.41, 5.74) is 2.03. The Kier molecular flexibility index (Phi) is 7.18. The molecular weight excluding hydrogens is 464 g/mol. The second-order valence-corrected chi connectivity index (χ2v) is 8.62. The van der Waals surface area contributed by atoms with E-state index in [1.165, 1.54) is 11.3 Å². The molecule has 0 saturated carbocycles. The van der Waals surface area contributed by atoms with Crippen LogP contribution in [0.15, 0.2) is 69.6 Å². The third kappa shape index (κ3) is 4.77. The molecule has 7 nitrogen and oxygen atoms in total. The van der Waals surface area contributed by atoms with Gasteiger partial charge in [-0.05, 0) is 43.7 Å². The zero-order valence-electron chi connectivity index (χ0n) is 19.6. The molecule has 3 aromatic rings. The first-order valence-electron chi connectivity index (χ1n) is 11.0. The van der Waals surface area contributed by atoms with Crippen LogP contribution in [0.2, 0.25) is 0 Å². The smallest absolute Gasteiger partial charge is 0.338 e. The lowest BCUT2D eigenvalue weighted by molar-refractivity contribution is -0.139. The van der Waals surface area contributed by atoms with E-state index in [9.17, 15) is 9.59 Å². The highest BCUT2D eigenvalue weighted by molar-refractivity contribution is 7.07. The molecule has 4 rings (SSSR count). The van der Waals surface area contributed by atoms with Crippen LogP contribution in [0.3, 0.4) is 0 Å². The maximum Gasteiger partial charge on any atom is 0.338 e. The molecule has 0 spiro atoms. The Bertz CT molecular complexity index is 1510. The van der Waals surface area contributed by atoms with Crippen molar-refractivity contribution in [3.63, 3.8) is 0 Å². The summed E-state index contributed by atoms with van der Waals surface area (Å²) in [4.78, 5) is 31.7. The van der Waals surface area contributed by atoms with Crippen LogP contribution >= 0.6 is 11.3 Å². The van der Waals surface area contributed by atoms with Crippen molar-refractivity contribution in [2.45, 2.75) is 19.9 Å². The Morgan fingerprint density at radius 3 is 2.66 bits per heavy atom. The van der Waals surface area contributed by atoms with Crippen LogP contribution in [0.4, 0.5) is 0 Å². The Hall–Kier alpha value is -4.09. The Morgan fingerprint density at radius 2 is 1.97 bits per heavy atom. The van der Waals surface area contributed by atoms with Gasteiger partial charge in [-0.3, -0.25) is 9.36 Å². The molecule has 8 heteroatoms. The molecule has 2 heterocycles. The molecule has 1 atom stereocenters. The minimum absolute atomic E-state index is 0.117. The summed E-state index contributed by atoms with van der Waals surface area (Å²) in [6.07, 6.45) is 7.08. The first-order valence-corrected chi connectivity index (χ1v) is 11.8. The molecule has 1 aliphatic heterocycles. The third-order valence-corrected chi connectivity index (χ3v) is 6.45. The molecule has 1 unspecified atom stereocenters. The highest BCUT2D eigenvalue weighted by Gasteiger charge is 2.33. The third-order valence-electron chi connectivity index (χ3n) is 5.47. The van der Waals surface area contributed by atoms with E-state index < -0.39 is 12.0 Å². The number of aromatic nitrogens is 1. The normalized spacial score (nSPS) is 15.1. The van der Waals surface area contributed by atoms with E-state index in [1.54, 1.807) is 49.8 Å². The predicted molar refractivity (Wildman–Crippen MR) is 134 cm³/mol. The van der Waals surface area contributed by atoms with Crippen LogP contribution < -0.4 is 24.4 Å². The SMILES string of the molecule is C#CCOc1ccccc1C=c1sc2n(c1=O)C(c1ccc(OC)cc1)C(C(=O)OCC)=C(C)N=2. The van der Waals surface area contributed by atoms with Crippen LogP contribution in [0, 0.1) is 12.3 Å². The average Bonchev–Trinajstić information content (AvgIpc) is 3.17. The van der Waals surface area contributed by atoms with Gasteiger partial charge in [0.2, 0.25) is 0 Å². The summed E-state index contributed by atoms with van der Waals surface area (Å²) in [5, 5.41) is 0. The molecule has 35 heavy (non-hydrogen) atoms. The van der Waals surface area contributed by atoms with E-state index in [-0.39, 0.29) is 18.8 Å². The Labute approximate surface area is 206 Å². The quantitative estimate of drug-likeness (QED) is 0.378. The molecule has 1 aliphatic rings. The van der Waals surface area contributed by atoms with Gasteiger partial charge in [0.15, 0.2) is 4.80 Å². The topological polar surface area (TPSA) is 79.1 Å². The largest absolute Gasteiger partial charge is 0.497 e. The van der Waals surface area contributed by atoms with Gasteiger partial charge in [0.05, 0.1) is 35.6 Å². The van der Waals surface area contributed by atoms with Gasteiger partial charge in [-0.15, -0.1) is 6.42 Å². The Morgan fingerprint density at radius 1 is 1.23 bits per heavy atom. The maximum atomic E-state index is 13.7. The van der Waals surface area contributed by atoms with Gasteiger partial charge in [-0.25, -0.2) is 9.79 Å². The highest BCUT2D eigenvalue weighted by atomic mass is 32.1. The van der Waals surface area contributed by atoms with Gasteiger partial charge in [-0.1, -0.05) is 47.6 Å². The fraction of sp³-hybridized carbons (Fsp3) is 0.222. The molecule has 0 radical (unpaired) electrons. The van der Waals surface area contributed by atoms with E-state index in [0.29, 0.717) is 32.1 Å². The van der Waals surface area contributed by atoms with E-state index in [4.69, 9.17) is 20.6 Å². The fourth-order valence-electron chi connectivity index (χ4n) is 3.88. The Balaban J connectivity index is 1.92. The lowest BCUT2D eigenvalue weighted by Crippen LogP contribution is -2.39. The van der Waals surface area contributed by atoms with Crippen molar-refractivity contribution in [1.29, 1.82) is 0 Å². The van der Waals surface area contributed by atoms with Gasteiger partial charge in [0.25, 0.3) is 5.56 Å². The predicted octanol–water partition coefficient (Wildman–Crippen LogP) is 2.82. The number of carbonyl (C=O) groups excluding carboxylic acids is 1. The molecule has 0 aliphatic carbocycles. The standard InChI is InChI=1S/C27H24N2O5S/c1-5-15-34-21-10-8-7-9-19(21)16-22-25(30)29-24(18-11-13-20(32-4)14-12-18)23(26(31)33-6-2)17(3)28-27(29)35-22/h1,7-14,16,24H,6,15H2,2-4H3. The number of terminal acetylenes is 1. The summed E-state index contributed by atoms with van der Waals surface area (Å²) in [7, 11) is 1.58. The van der Waals surface area contributed by atoms with Gasteiger partial charge in [0, 0.05) is 5.56 Å². The number of nitrogens with zero attached hydrogens (tertiary/aromatic N) is 2. The second kappa shape index (κ2) is 10.5. The number of thiazole rings is 1. The zero-order chi connectivity index (χ0) is 24.9. The summed E-state index contributed by atoms with van der Waals surface area (Å²) in [5.74, 6) is 3.19. The van der Waals surface area contributed by atoms with E-state index in [1.807, 2.05) is 30.3 Å². The summed E-state index contributed by atoms with van der Waals surface area (Å²) in [6.45, 7) is 3.82. The number of benzene rings is 2. The van der Waals surface area contributed by atoms with Crippen molar-refractivity contribution in [2.75, 3.05) is 20.3 Å². The average molecular weight is 489 g/mol. The monoisotopic (exact) mass is 488 g/mol. The van der Waals surface area contributed by atoms with Gasteiger partial charge in [0.1, 0.15) is 18.1 Å². The summed E-state index contributed by atoms with van der Waals surface area (Å²) < 4.78 is 18.2. The minimum Gasteiger partial charge on any atom is -0.497 e. The first kappa shape index (κ1) is 24.0. The number of fused-ring (bicyclic) bond motifs is 1. The van der Waals surface area contributed by atoms with E-state index in [0.717, 1.165) is 11.1 Å². The molecule has 0 amide bonds. The van der Waals surface area contributed by atoms with Crippen LogP contribution in [0.25, 0.3) is 6.08 Å². The number of ether oxygens (including phenoxy) is 3. The van der Waals surface area contributed by atoms with Crippen LogP contribution in [0.1, 0.15) is 31.0 Å². The number of hydrogen-bond acceptors (Lipinski definition) is 7. The molecule has 0 N–H and O–H groups in total. The number of methoxy groups -OCH3 is 1. The molecule has 178 valence electrons. The molecule has 0 bridgehead atoms. The molecule has 1 aromatic heterocycles. The molecule has 2 aromatic carbocycles. The van der Waals surface area contributed by atoms with Crippen molar-refractivity contribution >= 4 is 23.4 Å². The van der Waals surface area contributed by atoms with E-state index in [2.05, 4.69) is 10.9 Å². The highest BCUT2D eigenvalue weighted by Crippen LogP contribution is 2.31. The van der Waals surface area contributed by atoms with Crippen molar-refractivity contribution in [1.82, 2.24) is 4.57 Å². The number of esters is 1. The fourth-order valence-corrected chi connectivity index (χ4v) is 4.92. The lowest BCUT2D eigenvalue weighted by atomic mass is 9.96. The second-order valence-electron chi connectivity index (χ2n) is 7.61. The van der Waals surface area contributed by atoms with Crippen molar-refractivity contribution < 1.29 is 19.0 Å².